The second-order valence-electron chi connectivity index (χ2n) is 5.77. The van der Waals surface area contributed by atoms with Gasteiger partial charge in [0.2, 0.25) is 0 Å². The number of ether oxygens (including phenoxy) is 1. The molecule has 0 bridgehead atoms. The molecule has 23 heavy (non-hydrogen) atoms. The highest BCUT2D eigenvalue weighted by Gasteiger charge is 2.17. The van der Waals surface area contributed by atoms with Crippen LogP contribution in [0.2, 0.25) is 0 Å². The van der Waals surface area contributed by atoms with Crippen LogP contribution in [-0.2, 0) is 11.3 Å². The molecule has 5 heteroatoms. The van der Waals surface area contributed by atoms with E-state index < -0.39 is 0 Å². The molecule has 0 aliphatic carbocycles. The number of nitrogens with two attached hydrogens (primary N) is 1. The predicted octanol–water partition coefficient (Wildman–Crippen LogP) is 3.38. The van der Waals surface area contributed by atoms with Gasteiger partial charge in [-0.15, -0.1) is 11.3 Å². The lowest BCUT2D eigenvalue weighted by atomic mass is 10.0. The number of fused-ring (bicyclic) bond motifs is 1. The maximum Gasteiger partial charge on any atom is 0.180 e. The van der Waals surface area contributed by atoms with Crippen LogP contribution in [0.15, 0.2) is 42.5 Å². The number of hydrogen-bond acceptors (Lipinski definition) is 5. The first-order valence-corrected chi connectivity index (χ1v) is 8.66. The number of rotatable bonds is 3. The van der Waals surface area contributed by atoms with Crippen LogP contribution < -0.4 is 5.73 Å². The second kappa shape index (κ2) is 6.28. The average Bonchev–Trinajstić information content (AvgIpc) is 2.96. The highest BCUT2D eigenvalue weighted by atomic mass is 32.1. The minimum atomic E-state index is 0.636. The van der Waals surface area contributed by atoms with Crippen molar-refractivity contribution >= 4 is 27.2 Å². The molecule has 0 unspecified atom stereocenters. The summed E-state index contributed by atoms with van der Waals surface area (Å²) in [5, 5.41) is 3.11. The van der Waals surface area contributed by atoms with E-state index in [1.165, 1.54) is 15.6 Å². The highest BCUT2D eigenvalue weighted by Crippen LogP contribution is 2.32. The third kappa shape index (κ3) is 3.08. The standard InChI is InChI=1S/C18H19N3OS/c19-18-20-17(16(23-18)12-21-7-9-22-10-8-21)15-6-5-13-3-1-2-4-14(13)11-15/h1-6,11H,7-10,12H2,(H2,19,20). The summed E-state index contributed by atoms with van der Waals surface area (Å²) in [5.41, 5.74) is 8.16. The summed E-state index contributed by atoms with van der Waals surface area (Å²) in [7, 11) is 0. The Balaban J connectivity index is 1.69. The molecule has 3 aromatic rings. The molecule has 1 aromatic heterocycles. The summed E-state index contributed by atoms with van der Waals surface area (Å²) in [6, 6.07) is 14.9. The quantitative estimate of drug-likeness (QED) is 0.802. The first-order chi connectivity index (χ1) is 11.3. The molecule has 0 spiro atoms. The normalized spacial score (nSPS) is 16.0. The van der Waals surface area contributed by atoms with Gasteiger partial charge in [-0.1, -0.05) is 36.4 Å². The van der Waals surface area contributed by atoms with Crippen LogP contribution in [-0.4, -0.2) is 36.2 Å². The number of nitrogen functional groups attached to an aromatic ring is 1. The Bertz CT molecular complexity index is 824. The number of aromatic nitrogens is 1. The van der Waals surface area contributed by atoms with E-state index in [1.54, 1.807) is 11.3 Å². The lowest BCUT2D eigenvalue weighted by Gasteiger charge is -2.26. The first-order valence-electron chi connectivity index (χ1n) is 7.84. The van der Waals surface area contributed by atoms with Crippen molar-refractivity contribution in [2.75, 3.05) is 32.0 Å². The number of anilines is 1. The zero-order valence-electron chi connectivity index (χ0n) is 12.9. The van der Waals surface area contributed by atoms with Gasteiger partial charge >= 0.3 is 0 Å². The van der Waals surface area contributed by atoms with Crippen molar-refractivity contribution in [3.8, 4) is 11.3 Å². The van der Waals surface area contributed by atoms with E-state index in [4.69, 9.17) is 10.5 Å². The molecule has 1 aliphatic heterocycles. The van der Waals surface area contributed by atoms with Crippen molar-refractivity contribution < 1.29 is 4.74 Å². The molecular formula is C18H19N3OS. The topological polar surface area (TPSA) is 51.4 Å². The van der Waals surface area contributed by atoms with E-state index in [9.17, 15) is 0 Å². The van der Waals surface area contributed by atoms with Gasteiger partial charge in [0.05, 0.1) is 18.9 Å². The molecule has 1 fully saturated rings. The highest BCUT2D eigenvalue weighted by molar-refractivity contribution is 7.15. The van der Waals surface area contributed by atoms with E-state index >= 15 is 0 Å². The molecule has 0 atom stereocenters. The van der Waals surface area contributed by atoms with Crippen LogP contribution in [0, 0.1) is 0 Å². The number of hydrogen-bond donors (Lipinski definition) is 1. The molecule has 0 amide bonds. The van der Waals surface area contributed by atoms with Crippen LogP contribution in [0.1, 0.15) is 4.88 Å². The molecule has 1 aliphatic rings. The van der Waals surface area contributed by atoms with Crippen molar-refractivity contribution in [1.82, 2.24) is 9.88 Å². The Kier molecular flexibility index (Phi) is 3.99. The van der Waals surface area contributed by atoms with E-state index in [-0.39, 0.29) is 0 Å². The summed E-state index contributed by atoms with van der Waals surface area (Å²) >= 11 is 1.59. The van der Waals surface area contributed by atoms with E-state index in [0.717, 1.165) is 44.1 Å². The minimum absolute atomic E-state index is 0.636. The van der Waals surface area contributed by atoms with Crippen molar-refractivity contribution in [2.24, 2.45) is 0 Å². The van der Waals surface area contributed by atoms with Gasteiger partial charge in [-0.3, -0.25) is 4.90 Å². The van der Waals surface area contributed by atoms with Gasteiger partial charge in [0.25, 0.3) is 0 Å². The van der Waals surface area contributed by atoms with Crippen LogP contribution >= 0.6 is 11.3 Å². The van der Waals surface area contributed by atoms with Crippen molar-refractivity contribution in [1.29, 1.82) is 0 Å². The van der Waals surface area contributed by atoms with E-state index in [2.05, 4.69) is 52.3 Å². The molecule has 1 saturated heterocycles. The summed E-state index contributed by atoms with van der Waals surface area (Å²) < 4.78 is 5.43. The zero-order valence-corrected chi connectivity index (χ0v) is 13.7. The molecule has 118 valence electrons. The number of nitrogens with zero attached hydrogens (tertiary/aromatic N) is 2. The van der Waals surface area contributed by atoms with Crippen molar-refractivity contribution in [2.45, 2.75) is 6.54 Å². The fourth-order valence-electron chi connectivity index (χ4n) is 3.00. The Morgan fingerprint density at radius 1 is 1.09 bits per heavy atom. The smallest absolute Gasteiger partial charge is 0.180 e. The van der Waals surface area contributed by atoms with Gasteiger partial charge in [0.15, 0.2) is 5.13 Å². The molecule has 2 heterocycles. The number of benzene rings is 2. The van der Waals surface area contributed by atoms with E-state index in [0.29, 0.717) is 5.13 Å². The molecule has 2 aromatic carbocycles. The largest absolute Gasteiger partial charge is 0.379 e. The second-order valence-corrected chi connectivity index (χ2v) is 6.89. The summed E-state index contributed by atoms with van der Waals surface area (Å²) in [5.74, 6) is 0. The summed E-state index contributed by atoms with van der Waals surface area (Å²) in [6.07, 6.45) is 0. The monoisotopic (exact) mass is 325 g/mol. The van der Waals surface area contributed by atoms with Crippen molar-refractivity contribution in [3.63, 3.8) is 0 Å². The van der Waals surface area contributed by atoms with Crippen LogP contribution in [0.5, 0.6) is 0 Å². The van der Waals surface area contributed by atoms with Crippen LogP contribution in [0.3, 0.4) is 0 Å². The molecule has 4 nitrogen and oxygen atoms in total. The van der Waals surface area contributed by atoms with Crippen LogP contribution in [0.4, 0.5) is 5.13 Å². The van der Waals surface area contributed by atoms with Gasteiger partial charge in [-0.25, -0.2) is 4.98 Å². The lowest BCUT2D eigenvalue weighted by Crippen LogP contribution is -2.35. The predicted molar refractivity (Wildman–Crippen MR) is 95.6 cm³/mol. The summed E-state index contributed by atoms with van der Waals surface area (Å²) in [4.78, 5) is 8.23. The number of thiazole rings is 1. The van der Waals surface area contributed by atoms with E-state index in [1.807, 2.05) is 0 Å². The maximum atomic E-state index is 6.00. The van der Waals surface area contributed by atoms with Gasteiger partial charge in [0.1, 0.15) is 0 Å². The van der Waals surface area contributed by atoms with Gasteiger partial charge in [-0.05, 0) is 16.8 Å². The third-order valence-corrected chi connectivity index (χ3v) is 5.08. The Labute approximate surface area is 139 Å². The Hall–Kier alpha value is -1.95. The zero-order chi connectivity index (χ0) is 15.6. The number of morpholine rings is 1. The Morgan fingerprint density at radius 2 is 1.87 bits per heavy atom. The van der Waals surface area contributed by atoms with Gasteiger partial charge < -0.3 is 10.5 Å². The molecule has 4 rings (SSSR count). The minimum Gasteiger partial charge on any atom is -0.379 e. The fraction of sp³-hybridized carbons (Fsp3) is 0.278. The molecular weight excluding hydrogens is 306 g/mol. The fourth-order valence-corrected chi connectivity index (χ4v) is 3.90. The molecule has 0 radical (unpaired) electrons. The average molecular weight is 325 g/mol. The first kappa shape index (κ1) is 14.6. The molecule has 0 saturated carbocycles. The van der Waals surface area contributed by atoms with Crippen molar-refractivity contribution in [3.05, 3.63) is 47.3 Å². The maximum absolute atomic E-state index is 6.00. The SMILES string of the molecule is Nc1nc(-c2ccc3ccccc3c2)c(CN2CCOCC2)s1. The van der Waals surface area contributed by atoms with Crippen LogP contribution in [0.25, 0.3) is 22.0 Å². The van der Waals surface area contributed by atoms with Gasteiger partial charge in [-0.2, -0.15) is 0 Å². The third-order valence-electron chi connectivity index (χ3n) is 4.21. The van der Waals surface area contributed by atoms with Gasteiger partial charge in [0, 0.05) is 30.1 Å². The molecule has 2 N–H and O–H groups in total. The Morgan fingerprint density at radius 3 is 2.70 bits per heavy atom. The summed E-state index contributed by atoms with van der Waals surface area (Å²) in [6.45, 7) is 4.43. The lowest BCUT2D eigenvalue weighted by molar-refractivity contribution is 0.0347.